The van der Waals surface area contributed by atoms with Gasteiger partial charge in [0, 0.05) is 6.07 Å². The number of ether oxygens (including phenoxy) is 1. The average Bonchev–Trinajstić information content (AvgIpc) is 2.35. The summed E-state index contributed by atoms with van der Waals surface area (Å²) < 4.78 is 19.6. The SMILES string of the molecule is CCCNCCC1(Oc2ccc(C)c(F)c2)CCC1. The highest BCUT2D eigenvalue weighted by Gasteiger charge is 2.38. The molecule has 1 saturated carbocycles. The molecule has 0 spiro atoms. The number of benzene rings is 1. The van der Waals surface area contributed by atoms with Gasteiger partial charge in [0.05, 0.1) is 0 Å². The predicted octanol–water partition coefficient (Wildman–Crippen LogP) is 3.83. The van der Waals surface area contributed by atoms with Gasteiger partial charge in [-0.25, -0.2) is 4.39 Å². The van der Waals surface area contributed by atoms with Gasteiger partial charge in [-0.05, 0) is 63.7 Å². The van der Waals surface area contributed by atoms with Crippen molar-refractivity contribution < 1.29 is 9.13 Å². The van der Waals surface area contributed by atoms with E-state index in [2.05, 4.69) is 12.2 Å². The van der Waals surface area contributed by atoms with Crippen LogP contribution in [-0.4, -0.2) is 18.7 Å². The molecule has 1 aliphatic rings. The molecule has 2 nitrogen and oxygen atoms in total. The van der Waals surface area contributed by atoms with E-state index in [-0.39, 0.29) is 11.4 Å². The molecule has 0 aliphatic heterocycles. The van der Waals surface area contributed by atoms with E-state index in [4.69, 9.17) is 4.74 Å². The molecule has 106 valence electrons. The third-order valence-electron chi connectivity index (χ3n) is 3.93. The number of hydrogen-bond donors (Lipinski definition) is 1. The number of rotatable bonds is 7. The molecule has 1 fully saturated rings. The molecule has 0 aromatic heterocycles. The average molecular weight is 265 g/mol. The standard InChI is InChI=1S/C16H24FNO/c1-3-10-18-11-9-16(7-4-8-16)19-14-6-5-13(2)15(17)12-14/h5-6,12,18H,3-4,7-11H2,1-2H3. The van der Waals surface area contributed by atoms with Crippen LogP contribution in [0.25, 0.3) is 0 Å². The van der Waals surface area contributed by atoms with Gasteiger partial charge in [-0.1, -0.05) is 13.0 Å². The summed E-state index contributed by atoms with van der Waals surface area (Å²) in [7, 11) is 0. The molecule has 0 amide bonds. The summed E-state index contributed by atoms with van der Waals surface area (Å²) in [5.74, 6) is 0.481. The largest absolute Gasteiger partial charge is 0.487 e. The molecular formula is C16H24FNO. The van der Waals surface area contributed by atoms with Crippen molar-refractivity contribution in [1.82, 2.24) is 5.32 Å². The van der Waals surface area contributed by atoms with E-state index in [1.165, 1.54) is 12.5 Å². The van der Waals surface area contributed by atoms with Crippen LogP contribution >= 0.6 is 0 Å². The summed E-state index contributed by atoms with van der Waals surface area (Å²) in [5, 5.41) is 3.41. The monoisotopic (exact) mass is 265 g/mol. The Kier molecular flexibility index (Phi) is 4.81. The van der Waals surface area contributed by atoms with E-state index in [0.29, 0.717) is 11.3 Å². The maximum Gasteiger partial charge on any atom is 0.129 e. The Bertz CT molecular complexity index is 415. The van der Waals surface area contributed by atoms with Crippen LogP contribution in [0.5, 0.6) is 5.75 Å². The van der Waals surface area contributed by atoms with E-state index < -0.39 is 0 Å². The Morgan fingerprint density at radius 2 is 2.11 bits per heavy atom. The van der Waals surface area contributed by atoms with Crippen molar-refractivity contribution in [1.29, 1.82) is 0 Å². The maximum absolute atomic E-state index is 13.5. The summed E-state index contributed by atoms with van der Waals surface area (Å²) in [4.78, 5) is 0. The van der Waals surface area contributed by atoms with E-state index in [0.717, 1.165) is 38.8 Å². The van der Waals surface area contributed by atoms with Crippen molar-refractivity contribution in [3.05, 3.63) is 29.6 Å². The molecule has 1 aromatic rings. The lowest BCUT2D eigenvalue weighted by Crippen LogP contribution is -2.45. The van der Waals surface area contributed by atoms with Crippen LogP contribution in [0.4, 0.5) is 4.39 Å². The van der Waals surface area contributed by atoms with Crippen molar-refractivity contribution in [2.24, 2.45) is 0 Å². The fourth-order valence-electron chi connectivity index (χ4n) is 2.48. The first kappa shape index (κ1) is 14.3. The summed E-state index contributed by atoms with van der Waals surface area (Å²) in [5.41, 5.74) is 0.599. The Labute approximate surface area is 115 Å². The number of aryl methyl sites for hydroxylation is 1. The van der Waals surface area contributed by atoms with Crippen LogP contribution in [-0.2, 0) is 0 Å². The first-order chi connectivity index (χ1) is 9.15. The topological polar surface area (TPSA) is 21.3 Å². The van der Waals surface area contributed by atoms with Crippen LogP contribution in [0.15, 0.2) is 18.2 Å². The lowest BCUT2D eigenvalue weighted by molar-refractivity contribution is -0.0144. The summed E-state index contributed by atoms with van der Waals surface area (Å²) in [6, 6.07) is 5.17. The van der Waals surface area contributed by atoms with Crippen molar-refractivity contribution in [2.75, 3.05) is 13.1 Å². The number of hydrogen-bond acceptors (Lipinski definition) is 2. The van der Waals surface area contributed by atoms with E-state index >= 15 is 0 Å². The van der Waals surface area contributed by atoms with Crippen LogP contribution in [0.3, 0.4) is 0 Å². The van der Waals surface area contributed by atoms with Crippen LogP contribution in [0, 0.1) is 12.7 Å². The van der Waals surface area contributed by atoms with Gasteiger partial charge in [-0.2, -0.15) is 0 Å². The molecule has 1 aromatic carbocycles. The lowest BCUT2D eigenvalue weighted by atomic mass is 9.77. The minimum absolute atomic E-state index is 0.0670. The number of nitrogens with one attached hydrogen (secondary N) is 1. The molecule has 3 heteroatoms. The zero-order valence-corrected chi connectivity index (χ0v) is 12.0. The predicted molar refractivity (Wildman–Crippen MR) is 76.1 cm³/mol. The quantitative estimate of drug-likeness (QED) is 0.757. The minimum Gasteiger partial charge on any atom is -0.487 e. The van der Waals surface area contributed by atoms with Gasteiger partial charge in [-0.3, -0.25) is 0 Å². The zero-order chi connectivity index (χ0) is 13.7. The summed E-state index contributed by atoms with van der Waals surface area (Å²) >= 11 is 0. The zero-order valence-electron chi connectivity index (χ0n) is 12.0. The molecule has 1 aliphatic carbocycles. The van der Waals surface area contributed by atoms with E-state index in [1.807, 2.05) is 6.07 Å². The second-order valence-electron chi connectivity index (χ2n) is 5.55. The molecule has 2 rings (SSSR count). The van der Waals surface area contributed by atoms with Crippen LogP contribution in [0.1, 0.15) is 44.6 Å². The molecule has 1 N–H and O–H groups in total. The van der Waals surface area contributed by atoms with Crippen molar-refractivity contribution in [3.8, 4) is 5.75 Å². The van der Waals surface area contributed by atoms with Gasteiger partial charge in [0.2, 0.25) is 0 Å². The highest BCUT2D eigenvalue weighted by atomic mass is 19.1. The minimum atomic E-state index is -0.184. The molecular weight excluding hydrogens is 241 g/mol. The first-order valence-corrected chi connectivity index (χ1v) is 7.31. The highest BCUT2D eigenvalue weighted by molar-refractivity contribution is 5.29. The van der Waals surface area contributed by atoms with E-state index in [1.54, 1.807) is 13.0 Å². The third-order valence-corrected chi connectivity index (χ3v) is 3.93. The molecule has 0 bridgehead atoms. The Morgan fingerprint density at radius 3 is 2.68 bits per heavy atom. The molecule has 0 unspecified atom stereocenters. The van der Waals surface area contributed by atoms with Crippen molar-refractivity contribution in [3.63, 3.8) is 0 Å². The van der Waals surface area contributed by atoms with E-state index in [9.17, 15) is 4.39 Å². The fourth-order valence-corrected chi connectivity index (χ4v) is 2.48. The normalized spacial score (nSPS) is 17.0. The molecule has 19 heavy (non-hydrogen) atoms. The van der Waals surface area contributed by atoms with Crippen LogP contribution < -0.4 is 10.1 Å². The van der Waals surface area contributed by atoms with Gasteiger partial charge >= 0.3 is 0 Å². The Hall–Kier alpha value is -1.09. The van der Waals surface area contributed by atoms with Gasteiger partial charge in [-0.15, -0.1) is 0 Å². The smallest absolute Gasteiger partial charge is 0.129 e. The third kappa shape index (κ3) is 3.69. The van der Waals surface area contributed by atoms with Crippen LogP contribution in [0.2, 0.25) is 0 Å². The van der Waals surface area contributed by atoms with Gasteiger partial charge < -0.3 is 10.1 Å². The highest BCUT2D eigenvalue weighted by Crippen LogP contribution is 2.39. The lowest BCUT2D eigenvalue weighted by Gasteiger charge is -2.42. The summed E-state index contributed by atoms with van der Waals surface area (Å²) in [6.45, 7) is 5.96. The first-order valence-electron chi connectivity index (χ1n) is 7.31. The molecule has 0 atom stereocenters. The number of halogens is 1. The molecule has 0 heterocycles. The second-order valence-corrected chi connectivity index (χ2v) is 5.55. The second kappa shape index (κ2) is 6.38. The Morgan fingerprint density at radius 1 is 1.32 bits per heavy atom. The van der Waals surface area contributed by atoms with Crippen molar-refractivity contribution >= 4 is 0 Å². The van der Waals surface area contributed by atoms with Gasteiger partial charge in [0.1, 0.15) is 17.2 Å². The van der Waals surface area contributed by atoms with Crippen molar-refractivity contribution in [2.45, 2.75) is 51.6 Å². The van der Waals surface area contributed by atoms with Gasteiger partial charge in [0.15, 0.2) is 0 Å². The molecule has 0 radical (unpaired) electrons. The summed E-state index contributed by atoms with van der Waals surface area (Å²) in [6.07, 6.45) is 5.52. The fraction of sp³-hybridized carbons (Fsp3) is 0.625. The maximum atomic E-state index is 13.5. The Balaban J connectivity index is 1.92. The van der Waals surface area contributed by atoms with Gasteiger partial charge in [0.25, 0.3) is 0 Å². The molecule has 0 saturated heterocycles.